The summed E-state index contributed by atoms with van der Waals surface area (Å²) in [5.74, 6) is -0.858. The molecule has 27 heavy (non-hydrogen) atoms. The highest BCUT2D eigenvalue weighted by Gasteiger charge is 2.14. The number of aliphatic hydroxyl groups excluding tert-OH is 1. The summed E-state index contributed by atoms with van der Waals surface area (Å²) in [6.07, 6.45) is 15.9. The Hall–Kier alpha value is -0.910. The number of ether oxygens (including phenoxy) is 1. The van der Waals surface area contributed by atoms with Crippen molar-refractivity contribution in [3.8, 4) is 0 Å². The Kier molecular flexibility index (Phi) is 26.3. The number of aliphatic carboxylic acids is 1. The first-order valence-corrected chi connectivity index (χ1v) is 10.9. The van der Waals surface area contributed by atoms with Gasteiger partial charge in [-0.3, -0.25) is 0 Å². The van der Waals surface area contributed by atoms with Gasteiger partial charge in [-0.1, -0.05) is 58.6 Å². The van der Waals surface area contributed by atoms with Gasteiger partial charge in [0.2, 0.25) is 0 Å². The summed E-state index contributed by atoms with van der Waals surface area (Å²) in [4.78, 5) is 10.6. The fourth-order valence-electron chi connectivity index (χ4n) is 2.42. The van der Waals surface area contributed by atoms with Crippen LogP contribution in [0, 0.1) is 0 Å². The van der Waals surface area contributed by atoms with E-state index in [0.29, 0.717) is 19.6 Å². The number of carbonyl (C=O) groups is 1. The molecule has 1 unspecified atom stereocenters. The van der Waals surface area contributed by atoms with E-state index in [-0.39, 0.29) is 0 Å². The van der Waals surface area contributed by atoms with Crippen molar-refractivity contribution >= 4 is 5.97 Å². The molecule has 5 nitrogen and oxygen atoms in total. The van der Waals surface area contributed by atoms with E-state index in [1.54, 1.807) is 0 Å². The third-order valence-electron chi connectivity index (χ3n) is 4.10. The second kappa shape index (κ2) is 25.1. The monoisotopic (exact) mass is 387 g/mol. The zero-order chi connectivity index (χ0) is 20.6. The van der Waals surface area contributed by atoms with Crippen molar-refractivity contribution in [2.45, 2.75) is 97.5 Å². The number of allylic oxidation sites excluding steroid dienone is 2. The Balaban J connectivity index is 0. The molecule has 1 atom stereocenters. The van der Waals surface area contributed by atoms with E-state index < -0.39 is 12.1 Å². The van der Waals surface area contributed by atoms with E-state index in [9.17, 15) is 4.79 Å². The van der Waals surface area contributed by atoms with E-state index in [4.69, 9.17) is 14.9 Å². The van der Waals surface area contributed by atoms with E-state index in [2.05, 4.69) is 31.3 Å². The van der Waals surface area contributed by atoms with Crippen molar-refractivity contribution in [2.24, 2.45) is 0 Å². The molecule has 0 spiro atoms. The van der Waals surface area contributed by atoms with E-state index in [1.165, 1.54) is 32.1 Å². The smallest absolute Gasteiger partial charge is 0.332 e. The van der Waals surface area contributed by atoms with Crippen LogP contribution in [0.1, 0.15) is 91.4 Å². The molecule has 0 saturated carbocycles. The number of carboxylic acids is 1. The molecule has 0 amide bonds. The number of nitrogens with one attached hydrogen (secondary N) is 1. The normalized spacial score (nSPS) is 12.0. The molecule has 0 fully saturated rings. The number of rotatable bonds is 18. The van der Waals surface area contributed by atoms with Crippen LogP contribution in [0.4, 0.5) is 0 Å². The summed E-state index contributed by atoms with van der Waals surface area (Å²) < 4.78 is 5.24. The summed E-state index contributed by atoms with van der Waals surface area (Å²) >= 11 is 0. The van der Waals surface area contributed by atoms with Gasteiger partial charge in [0.05, 0.1) is 0 Å². The van der Waals surface area contributed by atoms with Crippen LogP contribution in [0.25, 0.3) is 0 Å². The molecule has 0 aliphatic carbocycles. The highest BCUT2D eigenvalue weighted by molar-refractivity contribution is 5.72. The minimum atomic E-state index is -0.858. The maximum Gasteiger partial charge on any atom is 0.332 e. The molecule has 0 saturated heterocycles. The first-order chi connectivity index (χ1) is 13.1. The molecule has 0 aromatic carbocycles. The number of carboxylic acid groups (broad SMARTS) is 1. The van der Waals surface area contributed by atoms with Gasteiger partial charge < -0.3 is 20.3 Å². The van der Waals surface area contributed by atoms with Crippen LogP contribution in [0.2, 0.25) is 0 Å². The Morgan fingerprint density at radius 3 is 2.26 bits per heavy atom. The van der Waals surface area contributed by atoms with Crippen molar-refractivity contribution in [2.75, 3.05) is 26.3 Å². The molecule has 3 N–H and O–H groups in total. The van der Waals surface area contributed by atoms with Crippen molar-refractivity contribution < 1.29 is 19.7 Å². The quantitative estimate of drug-likeness (QED) is 0.229. The van der Waals surface area contributed by atoms with Gasteiger partial charge >= 0.3 is 5.97 Å². The van der Waals surface area contributed by atoms with Crippen molar-refractivity contribution in [1.82, 2.24) is 5.32 Å². The molecule has 5 heteroatoms. The summed E-state index contributed by atoms with van der Waals surface area (Å²) in [6, 6.07) is 0. The summed E-state index contributed by atoms with van der Waals surface area (Å²) in [5, 5.41) is 20.5. The van der Waals surface area contributed by atoms with E-state index >= 15 is 0 Å². The van der Waals surface area contributed by atoms with Crippen LogP contribution < -0.4 is 5.32 Å². The lowest BCUT2D eigenvalue weighted by Crippen LogP contribution is -2.23. The average Bonchev–Trinajstić information content (AvgIpc) is 2.66. The van der Waals surface area contributed by atoms with Gasteiger partial charge in [-0.25, -0.2) is 4.79 Å². The SMILES string of the molecule is CC/C=C\CCCCOC(CC)C(=O)O.CCCCCCCNCCCO. The minimum Gasteiger partial charge on any atom is -0.479 e. The Labute approximate surface area is 167 Å². The Morgan fingerprint density at radius 2 is 1.67 bits per heavy atom. The predicted octanol–water partition coefficient (Wildman–Crippen LogP) is 4.93. The number of hydrogen-bond donors (Lipinski definition) is 3. The van der Waals surface area contributed by atoms with Crippen molar-refractivity contribution in [3.05, 3.63) is 12.2 Å². The lowest BCUT2D eigenvalue weighted by Gasteiger charge is -2.10. The number of hydrogen-bond acceptors (Lipinski definition) is 4. The molecule has 0 heterocycles. The standard InChI is InChI=1S/C12H22O3.C10H23NO/c1-3-5-6-7-8-9-10-15-11(4-2)12(13)14;1-2-3-4-5-6-8-11-9-7-10-12/h5-6,11H,3-4,7-10H2,1-2H3,(H,13,14);11-12H,2-10H2,1H3/b6-5-;. The molecular formula is C22H45NO4. The molecule has 0 aliphatic heterocycles. The predicted molar refractivity (Wildman–Crippen MR) is 114 cm³/mol. The van der Waals surface area contributed by atoms with Crippen LogP contribution in [-0.4, -0.2) is 48.6 Å². The summed E-state index contributed by atoms with van der Waals surface area (Å²) in [6.45, 7) is 9.10. The number of aliphatic hydroxyl groups is 1. The second-order valence-electron chi connectivity index (χ2n) is 6.72. The van der Waals surface area contributed by atoms with Crippen LogP contribution in [0.5, 0.6) is 0 Å². The molecule has 162 valence electrons. The molecule has 0 rings (SSSR count). The molecule has 0 aromatic heterocycles. The van der Waals surface area contributed by atoms with E-state index in [1.807, 2.05) is 6.92 Å². The first kappa shape index (κ1) is 28.3. The van der Waals surface area contributed by atoms with Crippen LogP contribution in [-0.2, 0) is 9.53 Å². The number of unbranched alkanes of at least 4 members (excludes halogenated alkanes) is 6. The minimum absolute atomic E-state index is 0.308. The van der Waals surface area contributed by atoms with Crippen LogP contribution in [0.3, 0.4) is 0 Å². The topological polar surface area (TPSA) is 78.8 Å². The Bertz CT molecular complexity index is 311. The average molecular weight is 388 g/mol. The maximum atomic E-state index is 10.6. The van der Waals surface area contributed by atoms with Gasteiger partial charge in [0.25, 0.3) is 0 Å². The first-order valence-electron chi connectivity index (χ1n) is 10.9. The third kappa shape index (κ3) is 25.1. The fraction of sp³-hybridized carbons (Fsp3) is 0.864. The largest absolute Gasteiger partial charge is 0.479 e. The highest BCUT2D eigenvalue weighted by atomic mass is 16.5. The fourth-order valence-corrected chi connectivity index (χ4v) is 2.42. The summed E-state index contributed by atoms with van der Waals surface area (Å²) in [7, 11) is 0. The lowest BCUT2D eigenvalue weighted by molar-refractivity contribution is -0.150. The molecule has 0 aromatic rings. The van der Waals surface area contributed by atoms with E-state index in [0.717, 1.165) is 45.2 Å². The molecule has 0 aliphatic rings. The van der Waals surface area contributed by atoms with Gasteiger partial charge in [0.15, 0.2) is 6.10 Å². The lowest BCUT2D eigenvalue weighted by atomic mass is 10.1. The van der Waals surface area contributed by atoms with Crippen molar-refractivity contribution in [1.29, 1.82) is 0 Å². The molecular weight excluding hydrogens is 342 g/mol. The van der Waals surface area contributed by atoms with Gasteiger partial charge in [0, 0.05) is 13.2 Å². The van der Waals surface area contributed by atoms with Gasteiger partial charge in [-0.05, 0) is 58.0 Å². The highest BCUT2D eigenvalue weighted by Crippen LogP contribution is 2.03. The second-order valence-corrected chi connectivity index (χ2v) is 6.72. The van der Waals surface area contributed by atoms with Crippen LogP contribution >= 0.6 is 0 Å². The van der Waals surface area contributed by atoms with Crippen LogP contribution in [0.15, 0.2) is 12.2 Å². The van der Waals surface area contributed by atoms with Gasteiger partial charge in [0.1, 0.15) is 0 Å². The summed E-state index contributed by atoms with van der Waals surface area (Å²) in [5.41, 5.74) is 0. The molecule has 0 bridgehead atoms. The van der Waals surface area contributed by atoms with Gasteiger partial charge in [-0.15, -0.1) is 0 Å². The van der Waals surface area contributed by atoms with Gasteiger partial charge in [-0.2, -0.15) is 0 Å². The third-order valence-corrected chi connectivity index (χ3v) is 4.10. The van der Waals surface area contributed by atoms with Crippen molar-refractivity contribution in [3.63, 3.8) is 0 Å². The Morgan fingerprint density at radius 1 is 0.963 bits per heavy atom. The zero-order valence-electron chi connectivity index (χ0n) is 18.0. The zero-order valence-corrected chi connectivity index (χ0v) is 18.0. The molecule has 0 radical (unpaired) electrons. The maximum absolute atomic E-state index is 10.6.